The number of hydrogen-bond acceptors (Lipinski definition) is 2. The Morgan fingerprint density at radius 3 is 2.39 bits per heavy atom. The van der Waals surface area contributed by atoms with E-state index in [2.05, 4.69) is 4.98 Å². The molecule has 0 radical (unpaired) electrons. The monoisotopic (exact) mass is 248 g/mol. The smallest absolute Gasteiger partial charge is 0.259 e. The average Bonchev–Trinajstić information content (AvgIpc) is 2.27. The second-order valence-corrected chi connectivity index (χ2v) is 4.95. The van der Waals surface area contributed by atoms with Gasteiger partial charge in [0.2, 0.25) is 0 Å². The predicted octanol–water partition coefficient (Wildman–Crippen LogP) is 2.09. The van der Waals surface area contributed by atoms with Crippen LogP contribution in [0.15, 0.2) is 17.1 Å². The number of carbonyl (C=O) groups is 1. The summed E-state index contributed by atoms with van der Waals surface area (Å²) in [7, 11) is 0. The van der Waals surface area contributed by atoms with Crippen molar-refractivity contribution in [3.8, 4) is 0 Å². The Morgan fingerprint density at radius 2 is 1.78 bits per heavy atom. The van der Waals surface area contributed by atoms with E-state index in [4.69, 9.17) is 0 Å². The molecule has 0 unspecified atom stereocenters. The summed E-state index contributed by atoms with van der Waals surface area (Å²) in [5.41, 5.74) is 0.865. The molecule has 4 nitrogen and oxygen atoms in total. The second kappa shape index (κ2) is 5.85. The Morgan fingerprint density at radius 1 is 1.17 bits per heavy atom. The van der Waals surface area contributed by atoms with Crippen LogP contribution in [0.3, 0.4) is 0 Å². The molecule has 1 amide bonds. The molecule has 0 bridgehead atoms. The highest BCUT2D eigenvalue weighted by molar-refractivity contribution is 5.93. The fourth-order valence-corrected chi connectivity index (χ4v) is 2.36. The van der Waals surface area contributed by atoms with Crippen LogP contribution in [0.1, 0.15) is 48.2 Å². The van der Waals surface area contributed by atoms with Crippen LogP contribution in [0, 0.1) is 6.92 Å². The molecule has 1 aromatic rings. The highest BCUT2D eigenvalue weighted by Crippen LogP contribution is 2.12. The largest absolute Gasteiger partial charge is 0.364 e. The third-order valence-electron chi connectivity index (χ3n) is 3.43. The van der Waals surface area contributed by atoms with E-state index in [0.717, 1.165) is 31.6 Å². The molecule has 1 aromatic heterocycles. The van der Waals surface area contributed by atoms with Crippen molar-refractivity contribution in [2.45, 2.75) is 39.0 Å². The van der Waals surface area contributed by atoms with Crippen LogP contribution in [0.25, 0.3) is 0 Å². The van der Waals surface area contributed by atoms with E-state index < -0.39 is 0 Å². The van der Waals surface area contributed by atoms with Crippen LogP contribution >= 0.6 is 0 Å². The predicted molar refractivity (Wildman–Crippen MR) is 70.8 cm³/mol. The van der Waals surface area contributed by atoms with Gasteiger partial charge in [-0.1, -0.05) is 19.3 Å². The van der Waals surface area contributed by atoms with Gasteiger partial charge < -0.3 is 9.88 Å². The number of rotatable bonds is 1. The second-order valence-electron chi connectivity index (χ2n) is 4.95. The van der Waals surface area contributed by atoms with Crippen molar-refractivity contribution in [1.82, 2.24) is 9.88 Å². The van der Waals surface area contributed by atoms with Gasteiger partial charge in [0, 0.05) is 31.0 Å². The molecule has 0 atom stereocenters. The highest BCUT2D eigenvalue weighted by Gasteiger charge is 2.18. The number of aromatic amines is 1. The van der Waals surface area contributed by atoms with Crippen LogP contribution < -0.4 is 5.43 Å². The van der Waals surface area contributed by atoms with Gasteiger partial charge in [-0.3, -0.25) is 9.59 Å². The number of amides is 1. The van der Waals surface area contributed by atoms with Crippen LogP contribution in [-0.4, -0.2) is 28.9 Å². The first-order valence-corrected chi connectivity index (χ1v) is 6.67. The molecule has 2 heterocycles. The SMILES string of the molecule is Cc1cc(=O)c(C(=O)N2CCCCCCC2)c[nH]1. The van der Waals surface area contributed by atoms with Crippen molar-refractivity contribution < 1.29 is 4.79 Å². The molecule has 0 aromatic carbocycles. The number of likely N-dealkylation sites (tertiary alicyclic amines) is 1. The van der Waals surface area contributed by atoms with Gasteiger partial charge in [0.15, 0.2) is 5.43 Å². The summed E-state index contributed by atoms with van der Waals surface area (Å²) in [6.45, 7) is 3.35. The number of nitrogens with one attached hydrogen (secondary N) is 1. The minimum Gasteiger partial charge on any atom is -0.364 e. The molecule has 1 aliphatic rings. The Kier molecular flexibility index (Phi) is 4.18. The minimum absolute atomic E-state index is 0.127. The number of pyridine rings is 1. The van der Waals surface area contributed by atoms with E-state index in [1.165, 1.54) is 25.3 Å². The Balaban J connectivity index is 2.16. The van der Waals surface area contributed by atoms with Crippen molar-refractivity contribution in [2.24, 2.45) is 0 Å². The molecule has 1 N–H and O–H groups in total. The molecule has 1 saturated heterocycles. The standard InChI is InChI=1S/C14H20N2O2/c1-11-9-13(17)12(10-15-11)14(18)16-7-5-3-2-4-6-8-16/h9-10H,2-8H2,1H3,(H,15,17). The van der Waals surface area contributed by atoms with Gasteiger partial charge in [-0.25, -0.2) is 0 Å². The van der Waals surface area contributed by atoms with Gasteiger partial charge in [-0.2, -0.15) is 0 Å². The molecule has 4 heteroatoms. The van der Waals surface area contributed by atoms with Gasteiger partial charge in [0.25, 0.3) is 5.91 Å². The zero-order valence-electron chi connectivity index (χ0n) is 10.9. The van der Waals surface area contributed by atoms with E-state index in [0.29, 0.717) is 0 Å². The quantitative estimate of drug-likeness (QED) is 0.827. The lowest BCUT2D eigenvalue weighted by atomic mass is 10.1. The molecule has 0 aliphatic carbocycles. The van der Waals surface area contributed by atoms with E-state index in [1.807, 2.05) is 11.8 Å². The van der Waals surface area contributed by atoms with Gasteiger partial charge >= 0.3 is 0 Å². The summed E-state index contributed by atoms with van der Waals surface area (Å²) in [6, 6.07) is 1.48. The van der Waals surface area contributed by atoms with Crippen molar-refractivity contribution >= 4 is 5.91 Å². The van der Waals surface area contributed by atoms with Gasteiger partial charge in [-0.05, 0) is 19.8 Å². The first kappa shape index (κ1) is 12.9. The third-order valence-corrected chi connectivity index (χ3v) is 3.43. The Hall–Kier alpha value is -1.58. The average molecular weight is 248 g/mol. The molecular weight excluding hydrogens is 228 g/mol. The Bertz CT molecular complexity index is 471. The van der Waals surface area contributed by atoms with E-state index in [9.17, 15) is 9.59 Å². The van der Waals surface area contributed by atoms with Crippen LogP contribution in [0.4, 0.5) is 0 Å². The summed E-state index contributed by atoms with van der Waals surface area (Å²) >= 11 is 0. The van der Waals surface area contributed by atoms with Gasteiger partial charge in [-0.15, -0.1) is 0 Å². The van der Waals surface area contributed by atoms with Crippen molar-refractivity contribution in [3.63, 3.8) is 0 Å². The number of aryl methyl sites for hydroxylation is 1. The number of hydrogen-bond donors (Lipinski definition) is 1. The molecule has 1 aliphatic heterocycles. The van der Waals surface area contributed by atoms with Gasteiger partial charge in [0.05, 0.1) is 0 Å². The van der Waals surface area contributed by atoms with Crippen molar-refractivity contribution in [3.05, 3.63) is 33.7 Å². The third kappa shape index (κ3) is 3.00. The zero-order valence-corrected chi connectivity index (χ0v) is 10.9. The van der Waals surface area contributed by atoms with Crippen LogP contribution in [0.5, 0.6) is 0 Å². The van der Waals surface area contributed by atoms with Crippen molar-refractivity contribution in [2.75, 3.05) is 13.1 Å². The zero-order chi connectivity index (χ0) is 13.0. The van der Waals surface area contributed by atoms with E-state index in [1.54, 1.807) is 6.20 Å². The first-order chi connectivity index (χ1) is 8.68. The summed E-state index contributed by atoms with van der Waals surface area (Å²) in [6.07, 6.45) is 7.22. The summed E-state index contributed by atoms with van der Waals surface area (Å²) in [5.74, 6) is -0.127. The fraction of sp³-hybridized carbons (Fsp3) is 0.571. The molecule has 0 saturated carbocycles. The highest BCUT2D eigenvalue weighted by atomic mass is 16.2. The lowest BCUT2D eigenvalue weighted by molar-refractivity contribution is 0.0740. The molecule has 2 rings (SSSR count). The number of aromatic nitrogens is 1. The first-order valence-electron chi connectivity index (χ1n) is 6.67. The maximum atomic E-state index is 12.3. The fourth-order valence-electron chi connectivity index (χ4n) is 2.36. The maximum Gasteiger partial charge on any atom is 0.259 e. The topological polar surface area (TPSA) is 53.2 Å². The summed E-state index contributed by atoms with van der Waals surface area (Å²) in [4.78, 5) is 28.9. The molecule has 18 heavy (non-hydrogen) atoms. The molecule has 98 valence electrons. The lowest BCUT2D eigenvalue weighted by Crippen LogP contribution is -2.36. The van der Waals surface area contributed by atoms with E-state index >= 15 is 0 Å². The lowest BCUT2D eigenvalue weighted by Gasteiger charge is -2.24. The van der Waals surface area contributed by atoms with Crippen molar-refractivity contribution in [1.29, 1.82) is 0 Å². The maximum absolute atomic E-state index is 12.3. The number of nitrogens with zero attached hydrogens (tertiary/aromatic N) is 1. The summed E-state index contributed by atoms with van der Waals surface area (Å²) in [5, 5.41) is 0. The minimum atomic E-state index is -0.182. The van der Waals surface area contributed by atoms with Crippen LogP contribution in [-0.2, 0) is 0 Å². The molecule has 1 fully saturated rings. The molecule has 0 spiro atoms. The number of H-pyrrole nitrogens is 1. The molecular formula is C14H20N2O2. The normalized spacial score (nSPS) is 17.1. The Labute approximate surface area is 107 Å². The van der Waals surface area contributed by atoms with Crippen LogP contribution in [0.2, 0.25) is 0 Å². The van der Waals surface area contributed by atoms with E-state index in [-0.39, 0.29) is 16.9 Å². The van der Waals surface area contributed by atoms with Gasteiger partial charge in [0.1, 0.15) is 5.56 Å². The number of carbonyl (C=O) groups excluding carboxylic acids is 1. The summed E-state index contributed by atoms with van der Waals surface area (Å²) < 4.78 is 0.